The Bertz CT molecular complexity index is 497. The van der Waals surface area contributed by atoms with E-state index in [-0.39, 0.29) is 5.91 Å². The lowest BCUT2D eigenvalue weighted by atomic mass is 10.1. The average molecular weight is 329 g/mol. The first-order chi connectivity index (χ1) is 9.99. The van der Waals surface area contributed by atoms with E-state index in [1.165, 1.54) is 0 Å². The largest absolute Gasteiger partial charge is 0.340 e. The van der Waals surface area contributed by atoms with Crippen molar-refractivity contribution in [1.29, 1.82) is 0 Å². The van der Waals surface area contributed by atoms with Crippen LogP contribution in [0.15, 0.2) is 18.2 Å². The molecule has 1 aromatic carbocycles. The van der Waals surface area contributed by atoms with Crippen molar-refractivity contribution in [3.05, 3.63) is 33.8 Å². The summed E-state index contributed by atoms with van der Waals surface area (Å²) in [6.45, 7) is 7.94. The molecule has 116 valence electrons. The van der Waals surface area contributed by atoms with Crippen molar-refractivity contribution < 1.29 is 4.79 Å². The zero-order valence-electron chi connectivity index (χ0n) is 12.6. The van der Waals surface area contributed by atoms with Crippen LogP contribution in [0.4, 0.5) is 0 Å². The quantitative estimate of drug-likeness (QED) is 0.844. The molecule has 0 bridgehead atoms. The van der Waals surface area contributed by atoms with Gasteiger partial charge in [0.25, 0.3) is 0 Å². The second-order valence-electron chi connectivity index (χ2n) is 5.72. The summed E-state index contributed by atoms with van der Waals surface area (Å²) in [5.74, 6) is 0.203. The predicted octanol–water partition coefficient (Wildman–Crippen LogP) is 3.48. The molecule has 5 heteroatoms. The standard InChI is InChI=1S/C16H22Cl2N2O/c1-12(2)19-8-10-20(11-9-19)15(21)7-6-13-4-3-5-14(17)16(13)18/h3-5,12H,6-11H2,1-2H3. The highest BCUT2D eigenvalue weighted by atomic mass is 35.5. The lowest BCUT2D eigenvalue weighted by Crippen LogP contribution is -2.50. The Balaban J connectivity index is 1.84. The van der Waals surface area contributed by atoms with E-state index in [0.717, 1.165) is 31.7 Å². The number of aryl methyl sites for hydroxylation is 1. The van der Waals surface area contributed by atoms with E-state index >= 15 is 0 Å². The summed E-state index contributed by atoms with van der Waals surface area (Å²) < 4.78 is 0. The first-order valence-corrected chi connectivity index (χ1v) is 8.19. The number of benzene rings is 1. The molecule has 0 aromatic heterocycles. The lowest BCUT2D eigenvalue weighted by molar-refractivity contribution is -0.133. The van der Waals surface area contributed by atoms with E-state index in [1.54, 1.807) is 6.07 Å². The maximum atomic E-state index is 12.3. The molecule has 1 aromatic rings. The first kappa shape index (κ1) is 16.6. The van der Waals surface area contributed by atoms with Crippen molar-refractivity contribution in [3.63, 3.8) is 0 Å². The van der Waals surface area contributed by atoms with Crippen molar-refractivity contribution in [3.8, 4) is 0 Å². The Kier molecular flexibility index (Phi) is 5.91. The van der Waals surface area contributed by atoms with Gasteiger partial charge in [0.15, 0.2) is 0 Å². The molecule has 21 heavy (non-hydrogen) atoms. The molecule has 0 unspecified atom stereocenters. The number of carbonyl (C=O) groups is 1. The summed E-state index contributed by atoms with van der Waals surface area (Å²) in [6, 6.07) is 6.11. The van der Waals surface area contributed by atoms with Gasteiger partial charge in [0.2, 0.25) is 5.91 Å². The molecule has 0 N–H and O–H groups in total. The highest BCUT2D eigenvalue weighted by molar-refractivity contribution is 6.42. The summed E-state index contributed by atoms with van der Waals surface area (Å²) in [6.07, 6.45) is 1.13. The first-order valence-electron chi connectivity index (χ1n) is 7.43. The summed E-state index contributed by atoms with van der Waals surface area (Å²) in [7, 11) is 0. The Labute approximate surface area is 136 Å². The van der Waals surface area contributed by atoms with Gasteiger partial charge in [0.1, 0.15) is 0 Å². The van der Waals surface area contributed by atoms with Crippen LogP contribution >= 0.6 is 23.2 Å². The minimum atomic E-state index is 0.203. The van der Waals surface area contributed by atoms with Crippen LogP contribution in [-0.4, -0.2) is 47.9 Å². The number of rotatable bonds is 4. The van der Waals surface area contributed by atoms with Gasteiger partial charge in [-0.1, -0.05) is 35.3 Å². The molecule has 1 fully saturated rings. The highest BCUT2D eigenvalue weighted by Crippen LogP contribution is 2.26. The number of amides is 1. The smallest absolute Gasteiger partial charge is 0.222 e. The maximum Gasteiger partial charge on any atom is 0.222 e. The van der Waals surface area contributed by atoms with Gasteiger partial charge in [-0.3, -0.25) is 9.69 Å². The fourth-order valence-electron chi connectivity index (χ4n) is 2.63. The van der Waals surface area contributed by atoms with Crippen molar-refractivity contribution in [2.45, 2.75) is 32.7 Å². The average Bonchev–Trinajstić information content (AvgIpc) is 2.48. The molecule has 0 saturated carbocycles. The second-order valence-corrected chi connectivity index (χ2v) is 6.51. The maximum absolute atomic E-state index is 12.3. The minimum absolute atomic E-state index is 0.203. The Morgan fingerprint density at radius 1 is 1.19 bits per heavy atom. The van der Waals surface area contributed by atoms with Crippen molar-refractivity contribution in [1.82, 2.24) is 9.80 Å². The van der Waals surface area contributed by atoms with Crippen LogP contribution < -0.4 is 0 Å². The van der Waals surface area contributed by atoms with Gasteiger partial charge in [0.05, 0.1) is 10.0 Å². The summed E-state index contributed by atoms with van der Waals surface area (Å²) in [5, 5.41) is 1.11. The van der Waals surface area contributed by atoms with Crippen LogP contribution in [0.5, 0.6) is 0 Å². The number of hydrogen-bond acceptors (Lipinski definition) is 2. The highest BCUT2D eigenvalue weighted by Gasteiger charge is 2.22. The third kappa shape index (κ3) is 4.35. The molecule has 1 amide bonds. The van der Waals surface area contributed by atoms with E-state index in [0.29, 0.717) is 28.9 Å². The van der Waals surface area contributed by atoms with Crippen molar-refractivity contribution in [2.75, 3.05) is 26.2 Å². The third-order valence-corrected chi connectivity index (χ3v) is 4.90. The Morgan fingerprint density at radius 3 is 2.48 bits per heavy atom. The van der Waals surface area contributed by atoms with E-state index in [1.807, 2.05) is 17.0 Å². The van der Waals surface area contributed by atoms with E-state index in [2.05, 4.69) is 18.7 Å². The molecule has 1 aliphatic heterocycles. The molecule has 0 radical (unpaired) electrons. The molecule has 1 saturated heterocycles. The molecule has 1 aliphatic rings. The van der Waals surface area contributed by atoms with Crippen molar-refractivity contribution >= 4 is 29.1 Å². The van der Waals surface area contributed by atoms with Crippen LogP contribution in [-0.2, 0) is 11.2 Å². The van der Waals surface area contributed by atoms with Crippen LogP contribution in [0.2, 0.25) is 10.0 Å². The lowest BCUT2D eigenvalue weighted by Gasteiger charge is -2.37. The van der Waals surface area contributed by atoms with Gasteiger partial charge in [-0.2, -0.15) is 0 Å². The van der Waals surface area contributed by atoms with Gasteiger partial charge in [-0.25, -0.2) is 0 Å². The number of hydrogen-bond donors (Lipinski definition) is 0. The Morgan fingerprint density at radius 2 is 1.86 bits per heavy atom. The second kappa shape index (κ2) is 7.48. The SMILES string of the molecule is CC(C)N1CCN(C(=O)CCc2cccc(Cl)c2Cl)CC1. The molecule has 0 spiro atoms. The molecular formula is C16H22Cl2N2O. The van der Waals surface area contributed by atoms with Crippen molar-refractivity contribution in [2.24, 2.45) is 0 Å². The number of halogens is 2. The Hall–Kier alpha value is -0.770. The summed E-state index contributed by atoms with van der Waals surface area (Å²) >= 11 is 12.1. The van der Waals surface area contributed by atoms with Crippen LogP contribution in [0.3, 0.4) is 0 Å². The minimum Gasteiger partial charge on any atom is -0.340 e. The summed E-state index contributed by atoms with van der Waals surface area (Å²) in [5.41, 5.74) is 0.943. The van der Waals surface area contributed by atoms with E-state index < -0.39 is 0 Å². The zero-order valence-corrected chi connectivity index (χ0v) is 14.1. The molecule has 3 nitrogen and oxygen atoms in total. The molecule has 1 heterocycles. The fraction of sp³-hybridized carbons (Fsp3) is 0.562. The fourth-order valence-corrected chi connectivity index (χ4v) is 3.04. The molecule has 0 aliphatic carbocycles. The van der Waals surface area contributed by atoms with Gasteiger partial charge >= 0.3 is 0 Å². The topological polar surface area (TPSA) is 23.6 Å². The number of nitrogens with zero attached hydrogens (tertiary/aromatic N) is 2. The van der Waals surface area contributed by atoms with Crippen LogP contribution in [0.25, 0.3) is 0 Å². The van der Waals surface area contributed by atoms with Gasteiger partial charge in [-0.05, 0) is 31.9 Å². The normalized spacial score (nSPS) is 16.5. The predicted molar refractivity (Wildman–Crippen MR) is 88.1 cm³/mol. The van der Waals surface area contributed by atoms with E-state index in [4.69, 9.17) is 23.2 Å². The van der Waals surface area contributed by atoms with Gasteiger partial charge < -0.3 is 4.90 Å². The number of piperazine rings is 1. The monoisotopic (exact) mass is 328 g/mol. The summed E-state index contributed by atoms with van der Waals surface area (Å²) in [4.78, 5) is 16.6. The zero-order chi connectivity index (χ0) is 15.4. The molecule has 2 rings (SSSR count). The van der Waals surface area contributed by atoms with Crippen LogP contribution in [0.1, 0.15) is 25.8 Å². The number of carbonyl (C=O) groups excluding carboxylic acids is 1. The van der Waals surface area contributed by atoms with E-state index in [9.17, 15) is 4.79 Å². The molecule has 0 atom stereocenters. The van der Waals surface area contributed by atoms with Crippen LogP contribution in [0, 0.1) is 0 Å². The van der Waals surface area contributed by atoms with Gasteiger partial charge in [-0.15, -0.1) is 0 Å². The molecular weight excluding hydrogens is 307 g/mol. The van der Waals surface area contributed by atoms with Gasteiger partial charge in [0, 0.05) is 38.6 Å². The third-order valence-electron chi connectivity index (χ3n) is 4.04.